The van der Waals surface area contributed by atoms with Gasteiger partial charge in [-0.25, -0.2) is 4.98 Å². The second-order valence-electron chi connectivity index (χ2n) is 4.66. The van der Waals surface area contributed by atoms with E-state index in [1.807, 2.05) is 13.0 Å². The predicted molar refractivity (Wildman–Crippen MR) is 78.5 cm³/mol. The molecule has 0 aromatic carbocycles. The number of aryl methyl sites for hydroxylation is 2. The van der Waals surface area contributed by atoms with E-state index < -0.39 is 17.9 Å². The number of carbonyl (C=O) groups excluding carboxylic acids is 2. The van der Waals surface area contributed by atoms with Crippen molar-refractivity contribution < 1.29 is 19.1 Å². The van der Waals surface area contributed by atoms with Crippen LogP contribution in [-0.4, -0.2) is 30.1 Å². The van der Waals surface area contributed by atoms with Gasteiger partial charge < -0.3 is 15.2 Å². The summed E-state index contributed by atoms with van der Waals surface area (Å²) in [5.41, 5.74) is 7.42. The molecule has 1 heterocycles. The highest BCUT2D eigenvalue weighted by molar-refractivity contribution is 5.94. The Balaban J connectivity index is 2.76. The Labute approximate surface area is 124 Å². The molecule has 0 saturated carbocycles. The summed E-state index contributed by atoms with van der Waals surface area (Å²) in [6, 6.07) is 3.64. The molecule has 0 aliphatic carbocycles. The minimum absolute atomic E-state index is 0.227. The van der Waals surface area contributed by atoms with Crippen LogP contribution in [-0.2, 0) is 25.5 Å². The number of rotatable bonds is 7. The lowest BCUT2D eigenvalue weighted by molar-refractivity contribution is -0.161. The van der Waals surface area contributed by atoms with Gasteiger partial charge in [-0.2, -0.15) is 0 Å². The fourth-order valence-electron chi connectivity index (χ4n) is 2.01. The summed E-state index contributed by atoms with van der Waals surface area (Å²) in [6.07, 6.45) is 0.738. The van der Waals surface area contributed by atoms with E-state index in [1.54, 1.807) is 19.9 Å². The number of hydrogen-bond donors (Lipinski definition) is 1. The zero-order chi connectivity index (χ0) is 15.8. The van der Waals surface area contributed by atoms with E-state index in [-0.39, 0.29) is 19.6 Å². The van der Waals surface area contributed by atoms with Crippen molar-refractivity contribution in [3.8, 4) is 0 Å². The molecular weight excluding hydrogens is 272 g/mol. The number of esters is 2. The van der Waals surface area contributed by atoms with Crippen molar-refractivity contribution in [2.24, 2.45) is 5.92 Å². The maximum Gasteiger partial charge on any atom is 0.320 e. The molecule has 0 fully saturated rings. The largest absolute Gasteiger partial charge is 0.465 e. The van der Waals surface area contributed by atoms with E-state index in [0.717, 1.165) is 11.3 Å². The monoisotopic (exact) mass is 294 g/mol. The van der Waals surface area contributed by atoms with Crippen LogP contribution in [0, 0.1) is 12.8 Å². The molecule has 1 rings (SSSR count). The average Bonchev–Trinajstić information content (AvgIpc) is 2.38. The van der Waals surface area contributed by atoms with Gasteiger partial charge in [-0.1, -0.05) is 0 Å². The Hall–Kier alpha value is -2.11. The van der Waals surface area contributed by atoms with Gasteiger partial charge in [0.15, 0.2) is 5.92 Å². The fraction of sp³-hybridized carbons (Fsp3) is 0.533. The molecule has 0 aliphatic heterocycles. The summed E-state index contributed by atoms with van der Waals surface area (Å²) in [5, 5.41) is 0. The van der Waals surface area contributed by atoms with Gasteiger partial charge in [0.1, 0.15) is 5.82 Å². The Morgan fingerprint density at radius 3 is 2.24 bits per heavy atom. The van der Waals surface area contributed by atoms with E-state index in [1.165, 1.54) is 0 Å². The molecule has 0 atom stereocenters. The van der Waals surface area contributed by atoms with Crippen LogP contribution in [0.2, 0.25) is 0 Å². The third-order valence-corrected chi connectivity index (χ3v) is 2.87. The smallest absolute Gasteiger partial charge is 0.320 e. The normalized spacial score (nSPS) is 10.5. The summed E-state index contributed by atoms with van der Waals surface area (Å²) >= 11 is 0. The van der Waals surface area contributed by atoms with E-state index in [9.17, 15) is 9.59 Å². The number of pyridine rings is 1. The van der Waals surface area contributed by atoms with Crippen LogP contribution in [0.1, 0.15) is 31.5 Å². The van der Waals surface area contributed by atoms with Crippen LogP contribution in [0.3, 0.4) is 0 Å². The topological polar surface area (TPSA) is 91.5 Å². The van der Waals surface area contributed by atoms with E-state index in [2.05, 4.69) is 4.98 Å². The van der Waals surface area contributed by atoms with Crippen molar-refractivity contribution in [2.75, 3.05) is 18.9 Å². The lowest BCUT2D eigenvalue weighted by Gasteiger charge is -2.14. The molecule has 0 radical (unpaired) electrons. The number of carbonyl (C=O) groups is 2. The van der Waals surface area contributed by atoms with Gasteiger partial charge in [0, 0.05) is 5.69 Å². The molecule has 0 aliphatic rings. The van der Waals surface area contributed by atoms with Crippen molar-refractivity contribution >= 4 is 17.8 Å². The van der Waals surface area contributed by atoms with Gasteiger partial charge >= 0.3 is 11.9 Å². The zero-order valence-electron chi connectivity index (χ0n) is 12.7. The van der Waals surface area contributed by atoms with Crippen LogP contribution in [0.4, 0.5) is 5.82 Å². The number of aromatic nitrogens is 1. The second-order valence-corrected chi connectivity index (χ2v) is 4.66. The van der Waals surface area contributed by atoms with Gasteiger partial charge in [-0.3, -0.25) is 9.59 Å². The number of anilines is 1. The van der Waals surface area contributed by atoms with Crippen LogP contribution in [0.25, 0.3) is 0 Å². The highest BCUT2D eigenvalue weighted by Crippen LogP contribution is 2.15. The Kier molecular flexibility index (Phi) is 6.65. The van der Waals surface area contributed by atoms with Crippen molar-refractivity contribution in [3.63, 3.8) is 0 Å². The van der Waals surface area contributed by atoms with Gasteiger partial charge in [0.25, 0.3) is 0 Å². The summed E-state index contributed by atoms with van der Waals surface area (Å²) in [7, 11) is 0. The molecule has 0 bridgehead atoms. The summed E-state index contributed by atoms with van der Waals surface area (Å²) < 4.78 is 9.85. The third-order valence-electron chi connectivity index (χ3n) is 2.87. The molecule has 1 aromatic heterocycles. The van der Waals surface area contributed by atoms with Crippen LogP contribution in [0.5, 0.6) is 0 Å². The average molecular weight is 294 g/mol. The molecule has 0 spiro atoms. The van der Waals surface area contributed by atoms with Crippen LogP contribution >= 0.6 is 0 Å². The molecular formula is C15H22N2O4. The van der Waals surface area contributed by atoms with Crippen molar-refractivity contribution in [1.29, 1.82) is 0 Å². The minimum Gasteiger partial charge on any atom is -0.465 e. The number of nitrogens with zero attached hydrogens (tertiary/aromatic N) is 1. The highest BCUT2D eigenvalue weighted by atomic mass is 16.6. The molecule has 0 saturated heterocycles. The quantitative estimate of drug-likeness (QED) is 0.607. The lowest BCUT2D eigenvalue weighted by atomic mass is 10.0. The van der Waals surface area contributed by atoms with E-state index in [0.29, 0.717) is 12.2 Å². The maximum absolute atomic E-state index is 11.8. The van der Waals surface area contributed by atoms with Crippen molar-refractivity contribution in [3.05, 3.63) is 23.4 Å². The standard InChI is InChI=1S/C15H22N2O4/c1-4-20-14(18)12(15(19)21-5-2)7-6-11-8-10(3)9-13(16)17-11/h8-9,12H,4-7H2,1-3H3,(H2,16,17). The van der Waals surface area contributed by atoms with Gasteiger partial charge in [-0.15, -0.1) is 0 Å². The minimum atomic E-state index is -0.923. The number of hydrogen-bond acceptors (Lipinski definition) is 6. The van der Waals surface area contributed by atoms with Crippen LogP contribution in [0.15, 0.2) is 12.1 Å². The third kappa shape index (κ3) is 5.41. The SMILES string of the molecule is CCOC(=O)C(CCc1cc(C)cc(N)n1)C(=O)OCC. The lowest BCUT2D eigenvalue weighted by Crippen LogP contribution is -2.28. The Bertz CT molecular complexity index is 464. The summed E-state index contributed by atoms with van der Waals surface area (Å²) in [4.78, 5) is 27.9. The summed E-state index contributed by atoms with van der Waals surface area (Å²) in [6.45, 7) is 5.76. The zero-order valence-corrected chi connectivity index (χ0v) is 12.7. The first-order valence-electron chi connectivity index (χ1n) is 7.04. The first-order valence-corrected chi connectivity index (χ1v) is 7.04. The number of nitrogens with two attached hydrogens (primary N) is 1. The fourth-order valence-corrected chi connectivity index (χ4v) is 2.01. The first kappa shape index (κ1) is 16.9. The maximum atomic E-state index is 11.8. The molecule has 0 unspecified atom stereocenters. The van der Waals surface area contributed by atoms with Gasteiger partial charge in [0.05, 0.1) is 13.2 Å². The molecule has 2 N–H and O–H groups in total. The molecule has 1 aromatic rings. The second kappa shape index (κ2) is 8.24. The van der Waals surface area contributed by atoms with E-state index >= 15 is 0 Å². The van der Waals surface area contributed by atoms with E-state index in [4.69, 9.17) is 15.2 Å². The number of ether oxygens (including phenoxy) is 2. The molecule has 21 heavy (non-hydrogen) atoms. The molecule has 116 valence electrons. The Morgan fingerprint density at radius 2 is 1.76 bits per heavy atom. The number of nitrogen functional groups attached to an aromatic ring is 1. The van der Waals surface area contributed by atoms with Crippen molar-refractivity contribution in [1.82, 2.24) is 4.98 Å². The molecule has 6 nitrogen and oxygen atoms in total. The highest BCUT2D eigenvalue weighted by Gasteiger charge is 2.29. The first-order chi connectivity index (χ1) is 9.97. The predicted octanol–water partition coefficient (Wildman–Crippen LogP) is 1.65. The molecule has 6 heteroatoms. The molecule has 0 amide bonds. The van der Waals surface area contributed by atoms with Gasteiger partial charge in [0.2, 0.25) is 0 Å². The Morgan fingerprint density at radius 1 is 1.19 bits per heavy atom. The van der Waals surface area contributed by atoms with Crippen molar-refractivity contribution in [2.45, 2.75) is 33.6 Å². The van der Waals surface area contributed by atoms with Gasteiger partial charge in [-0.05, 0) is 51.3 Å². The summed E-state index contributed by atoms with van der Waals surface area (Å²) in [5.74, 6) is -1.62. The van der Waals surface area contributed by atoms with Crippen LogP contribution < -0.4 is 5.73 Å².